The van der Waals surface area contributed by atoms with Gasteiger partial charge in [-0.15, -0.1) is 0 Å². The second-order valence-electron chi connectivity index (χ2n) is 8.65. The van der Waals surface area contributed by atoms with E-state index in [0.29, 0.717) is 12.0 Å². The summed E-state index contributed by atoms with van der Waals surface area (Å²) in [6.07, 6.45) is 8.62. The number of pyridine rings is 1. The summed E-state index contributed by atoms with van der Waals surface area (Å²) in [4.78, 5) is 4.58. The molecule has 0 bridgehead atoms. The van der Waals surface area contributed by atoms with E-state index in [4.69, 9.17) is 16.3 Å². The van der Waals surface area contributed by atoms with Crippen molar-refractivity contribution in [3.05, 3.63) is 72.1 Å². The molecular weight excluding hydrogens is 418 g/mol. The van der Waals surface area contributed by atoms with Crippen LogP contribution in [0.2, 0.25) is 5.02 Å². The zero-order valence-corrected chi connectivity index (χ0v) is 19.3. The first-order valence-corrected chi connectivity index (χ1v) is 11.6. The highest BCUT2D eigenvalue weighted by atomic mass is 35.5. The molecule has 1 fully saturated rings. The summed E-state index contributed by atoms with van der Waals surface area (Å²) in [6, 6.07) is 16.9. The Labute approximate surface area is 194 Å². The molecule has 0 spiro atoms. The van der Waals surface area contributed by atoms with E-state index in [1.165, 1.54) is 29.3 Å². The van der Waals surface area contributed by atoms with Crippen LogP contribution >= 0.6 is 11.6 Å². The van der Waals surface area contributed by atoms with Gasteiger partial charge in [0, 0.05) is 51.7 Å². The van der Waals surface area contributed by atoms with E-state index in [1.807, 2.05) is 36.7 Å². The third kappa shape index (κ3) is 4.01. The summed E-state index contributed by atoms with van der Waals surface area (Å²) in [6.45, 7) is 4.51. The summed E-state index contributed by atoms with van der Waals surface area (Å²) < 4.78 is 7.82. The number of halogens is 1. The molecule has 2 atom stereocenters. The van der Waals surface area contributed by atoms with Crippen molar-refractivity contribution in [2.24, 2.45) is 5.92 Å². The molecule has 1 saturated heterocycles. The fraction of sp³-hybridized carbons (Fsp3) is 0.296. The van der Waals surface area contributed by atoms with Crippen LogP contribution < -0.4 is 10.1 Å². The number of rotatable bonds is 5. The lowest BCUT2D eigenvalue weighted by Crippen LogP contribution is -2.34. The van der Waals surface area contributed by atoms with Crippen LogP contribution in [-0.4, -0.2) is 29.8 Å². The Hall–Kier alpha value is -2.82. The van der Waals surface area contributed by atoms with Crippen LogP contribution in [-0.2, 0) is 0 Å². The maximum absolute atomic E-state index is 6.42. The molecule has 0 saturated carbocycles. The number of piperidine rings is 1. The van der Waals surface area contributed by atoms with Crippen LogP contribution in [0.5, 0.6) is 5.75 Å². The summed E-state index contributed by atoms with van der Waals surface area (Å²) in [5.41, 5.74) is 5.63. The number of fused-ring (bicyclic) bond motifs is 1. The Morgan fingerprint density at radius 2 is 1.97 bits per heavy atom. The molecule has 1 aliphatic heterocycles. The molecule has 5 rings (SSSR count). The minimum atomic E-state index is 0.382. The second kappa shape index (κ2) is 8.97. The van der Waals surface area contributed by atoms with Crippen molar-refractivity contribution in [2.75, 3.05) is 20.2 Å². The number of ether oxygens (including phenoxy) is 1. The van der Waals surface area contributed by atoms with Crippen molar-refractivity contribution in [3.63, 3.8) is 0 Å². The maximum atomic E-state index is 6.42. The number of hydrogen-bond acceptors (Lipinski definition) is 3. The van der Waals surface area contributed by atoms with Crippen molar-refractivity contribution in [1.82, 2.24) is 14.9 Å². The lowest BCUT2D eigenvalue weighted by atomic mass is 9.92. The molecule has 32 heavy (non-hydrogen) atoms. The number of benzene rings is 2. The Bertz CT molecular complexity index is 1240. The average molecular weight is 446 g/mol. The van der Waals surface area contributed by atoms with E-state index < -0.39 is 0 Å². The molecule has 164 valence electrons. The van der Waals surface area contributed by atoms with Crippen LogP contribution in [0.1, 0.15) is 25.8 Å². The highest BCUT2D eigenvalue weighted by Gasteiger charge is 2.24. The fourth-order valence-corrected chi connectivity index (χ4v) is 5.02. The summed E-state index contributed by atoms with van der Waals surface area (Å²) >= 11 is 6.42. The van der Waals surface area contributed by atoms with Gasteiger partial charge in [0.05, 0.1) is 12.6 Å². The number of aromatic nitrogens is 2. The first-order valence-electron chi connectivity index (χ1n) is 11.2. The van der Waals surface area contributed by atoms with Crippen molar-refractivity contribution in [1.29, 1.82) is 0 Å². The smallest absolute Gasteiger partial charge is 0.119 e. The SMILES string of the molecule is COc1cccc(-c2cncc(-c3cn(C(C)C4CCCNC4)c4cc(Cl)ccc34)c2)c1. The third-order valence-corrected chi connectivity index (χ3v) is 6.94. The van der Waals surface area contributed by atoms with Crippen molar-refractivity contribution in [2.45, 2.75) is 25.8 Å². The van der Waals surface area contributed by atoms with Gasteiger partial charge in [-0.3, -0.25) is 4.98 Å². The summed E-state index contributed by atoms with van der Waals surface area (Å²) in [5.74, 6) is 1.45. The highest BCUT2D eigenvalue weighted by Crippen LogP contribution is 2.37. The molecule has 2 aromatic carbocycles. The number of nitrogens with zero attached hydrogens (tertiary/aromatic N) is 2. The Kier molecular flexibility index (Phi) is 5.90. The zero-order valence-electron chi connectivity index (χ0n) is 18.5. The Balaban J connectivity index is 1.60. The number of hydrogen-bond donors (Lipinski definition) is 1. The van der Waals surface area contributed by atoms with Gasteiger partial charge in [0.1, 0.15) is 5.75 Å². The molecule has 2 unspecified atom stereocenters. The molecular formula is C27H28ClN3O. The van der Waals surface area contributed by atoms with Gasteiger partial charge in [0.2, 0.25) is 0 Å². The topological polar surface area (TPSA) is 39.1 Å². The van der Waals surface area contributed by atoms with E-state index in [0.717, 1.165) is 40.6 Å². The van der Waals surface area contributed by atoms with Gasteiger partial charge < -0.3 is 14.6 Å². The molecule has 3 heterocycles. The van der Waals surface area contributed by atoms with E-state index in [1.54, 1.807) is 7.11 Å². The fourth-order valence-electron chi connectivity index (χ4n) is 4.86. The first kappa shape index (κ1) is 21.0. The van der Waals surface area contributed by atoms with Crippen LogP contribution in [0.4, 0.5) is 0 Å². The van der Waals surface area contributed by atoms with Crippen molar-refractivity contribution < 1.29 is 4.74 Å². The van der Waals surface area contributed by atoms with Gasteiger partial charge in [0.15, 0.2) is 0 Å². The second-order valence-corrected chi connectivity index (χ2v) is 9.09. The van der Waals surface area contributed by atoms with Gasteiger partial charge in [-0.2, -0.15) is 0 Å². The van der Waals surface area contributed by atoms with Gasteiger partial charge in [-0.25, -0.2) is 0 Å². The maximum Gasteiger partial charge on any atom is 0.119 e. The minimum absolute atomic E-state index is 0.382. The standard InChI is InChI=1S/C27H28ClN3O/c1-18(20-6-4-10-29-14-20)31-17-26(25-9-8-23(28)13-27(25)31)22-11-21(15-30-16-22)19-5-3-7-24(12-19)32-2/h3,5,7-9,11-13,15-18,20,29H,4,6,10,14H2,1-2H3. The average Bonchev–Trinajstić information content (AvgIpc) is 3.23. The predicted molar refractivity (Wildman–Crippen MR) is 132 cm³/mol. The molecule has 5 heteroatoms. The molecule has 0 amide bonds. The van der Waals surface area contributed by atoms with Crippen LogP contribution in [0.15, 0.2) is 67.1 Å². The van der Waals surface area contributed by atoms with Gasteiger partial charge in [0.25, 0.3) is 0 Å². The molecule has 4 aromatic rings. The van der Waals surface area contributed by atoms with E-state index in [9.17, 15) is 0 Å². The van der Waals surface area contributed by atoms with E-state index >= 15 is 0 Å². The van der Waals surface area contributed by atoms with E-state index in [2.05, 4.69) is 52.3 Å². The van der Waals surface area contributed by atoms with Crippen molar-refractivity contribution >= 4 is 22.5 Å². The van der Waals surface area contributed by atoms with E-state index in [-0.39, 0.29) is 0 Å². The largest absolute Gasteiger partial charge is 0.497 e. The molecule has 4 nitrogen and oxygen atoms in total. The summed E-state index contributed by atoms with van der Waals surface area (Å²) in [7, 11) is 1.69. The molecule has 0 radical (unpaired) electrons. The van der Waals surface area contributed by atoms with Crippen LogP contribution in [0.3, 0.4) is 0 Å². The highest BCUT2D eigenvalue weighted by molar-refractivity contribution is 6.31. The van der Waals surface area contributed by atoms with Gasteiger partial charge in [-0.1, -0.05) is 29.8 Å². The lowest BCUT2D eigenvalue weighted by molar-refractivity contribution is 0.284. The normalized spacial score (nSPS) is 17.4. The number of methoxy groups -OCH3 is 1. The van der Waals surface area contributed by atoms with Gasteiger partial charge >= 0.3 is 0 Å². The monoisotopic (exact) mass is 445 g/mol. The zero-order chi connectivity index (χ0) is 22.1. The predicted octanol–water partition coefficient (Wildman–Crippen LogP) is 6.59. The quantitative estimate of drug-likeness (QED) is 0.376. The molecule has 1 aliphatic rings. The Morgan fingerprint density at radius 1 is 1.09 bits per heavy atom. The van der Waals surface area contributed by atoms with Gasteiger partial charge in [-0.05, 0) is 74.7 Å². The minimum Gasteiger partial charge on any atom is -0.497 e. The number of nitrogens with one attached hydrogen (secondary N) is 1. The molecule has 2 aromatic heterocycles. The molecule has 1 N–H and O–H groups in total. The summed E-state index contributed by atoms with van der Waals surface area (Å²) in [5, 5.41) is 5.53. The molecule has 0 aliphatic carbocycles. The van der Waals surface area contributed by atoms with Crippen molar-refractivity contribution in [3.8, 4) is 28.0 Å². The Morgan fingerprint density at radius 3 is 2.78 bits per heavy atom. The third-order valence-electron chi connectivity index (χ3n) is 6.70. The first-order chi connectivity index (χ1) is 15.6. The lowest BCUT2D eigenvalue weighted by Gasteiger charge is -2.30. The van der Waals surface area contributed by atoms with Crippen LogP contribution in [0, 0.1) is 5.92 Å². The van der Waals surface area contributed by atoms with Crippen LogP contribution in [0.25, 0.3) is 33.2 Å².